The molecular weight excluding hydrogens is 302 g/mol. The zero-order chi connectivity index (χ0) is 15.1. The second-order valence-electron chi connectivity index (χ2n) is 5.48. The van der Waals surface area contributed by atoms with Gasteiger partial charge in [0.1, 0.15) is 5.75 Å². The van der Waals surface area contributed by atoms with Gasteiger partial charge in [-0.25, -0.2) is 0 Å². The summed E-state index contributed by atoms with van der Waals surface area (Å²) in [5, 5.41) is 6.31. The molecule has 1 fully saturated rings. The van der Waals surface area contributed by atoms with E-state index in [1.807, 2.05) is 31.3 Å². The number of nitrogens with zero attached hydrogens (tertiary/aromatic N) is 1. The zero-order valence-electron chi connectivity index (χ0n) is 13.3. The van der Waals surface area contributed by atoms with E-state index < -0.39 is 0 Å². The number of ether oxygens (including phenoxy) is 1. The number of para-hydroxylation sites is 1. The third kappa shape index (κ3) is 5.48. The van der Waals surface area contributed by atoms with Gasteiger partial charge in [-0.1, -0.05) is 18.2 Å². The molecule has 1 heterocycles. The van der Waals surface area contributed by atoms with Crippen molar-refractivity contribution in [2.75, 3.05) is 33.8 Å². The van der Waals surface area contributed by atoms with Gasteiger partial charge < -0.3 is 15.4 Å². The Labute approximate surface area is 138 Å². The van der Waals surface area contributed by atoms with Crippen LogP contribution in [-0.2, 0) is 11.3 Å². The maximum atomic E-state index is 12.1. The normalized spacial score (nSPS) is 15.2. The minimum absolute atomic E-state index is 0. The van der Waals surface area contributed by atoms with Crippen LogP contribution in [0.15, 0.2) is 24.3 Å². The predicted molar refractivity (Wildman–Crippen MR) is 90.6 cm³/mol. The number of hydrogen-bond acceptors (Lipinski definition) is 4. The smallest absolute Gasteiger partial charge is 0.234 e. The molecule has 22 heavy (non-hydrogen) atoms. The third-order valence-corrected chi connectivity index (χ3v) is 3.99. The summed E-state index contributed by atoms with van der Waals surface area (Å²) in [6, 6.07) is 8.25. The van der Waals surface area contributed by atoms with E-state index in [1.54, 1.807) is 7.11 Å². The lowest BCUT2D eigenvalue weighted by atomic mass is 10.1. The summed E-state index contributed by atoms with van der Waals surface area (Å²) in [7, 11) is 3.67. The topological polar surface area (TPSA) is 53.6 Å². The first-order chi connectivity index (χ1) is 10.2. The summed E-state index contributed by atoms with van der Waals surface area (Å²) in [6.45, 7) is 3.03. The van der Waals surface area contributed by atoms with Crippen LogP contribution < -0.4 is 15.4 Å². The predicted octanol–water partition coefficient (Wildman–Crippen LogP) is 1.42. The molecule has 1 aromatic carbocycles. The fourth-order valence-corrected chi connectivity index (χ4v) is 2.70. The Balaban J connectivity index is 0.00000242. The average molecular weight is 328 g/mol. The van der Waals surface area contributed by atoms with Crippen LogP contribution in [0.2, 0.25) is 0 Å². The molecule has 2 rings (SSSR count). The Hall–Kier alpha value is -1.30. The standard InChI is InChI=1S/C16H25N3O2.ClH/c1-19(14-7-9-17-10-8-14)12-16(20)18-11-13-5-3-4-6-15(13)21-2;/h3-6,14,17H,7-12H2,1-2H3,(H,18,20);1H. The van der Waals surface area contributed by atoms with Gasteiger partial charge in [0.15, 0.2) is 0 Å². The molecule has 1 aliphatic rings. The van der Waals surface area contributed by atoms with E-state index in [1.165, 1.54) is 0 Å². The van der Waals surface area contributed by atoms with Gasteiger partial charge in [-0.05, 0) is 39.0 Å². The highest BCUT2D eigenvalue weighted by Crippen LogP contribution is 2.16. The fourth-order valence-electron chi connectivity index (χ4n) is 2.70. The second-order valence-corrected chi connectivity index (χ2v) is 5.48. The molecular formula is C16H26ClN3O2. The number of likely N-dealkylation sites (N-methyl/N-ethyl adjacent to an activating group) is 1. The molecule has 0 aliphatic carbocycles. The summed E-state index contributed by atoms with van der Waals surface area (Å²) in [6.07, 6.45) is 2.21. The molecule has 0 radical (unpaired) electrons. The second kappa shape index (κ2) is 9.66. The van der Waals surface area contributed by atoms with E-state index in [2.05, 4.69) is 15.5 Å². The Morgan fingerprint density at radius 3 is 2.73 bits per heavy atom. The Morgan fingerprint density at radius 2 is 2.05 bits per heavy atom. The summed E-state index contributed by atoms with van der Waals surface area (Å²) in [4.78, 5) is 14.2. The lowest BCUT2D eigenvalue weighted by molar-refractivity contribution is -0.122. The van der Waals surface area contributed by atoms with Crippen molar-refractivity contribution in [1.82, 2.24) is 15.5 Å². The van der Waals surface area contributed by atoms with Crippen molar-refractivity contribution in [2.24, 2.45) is 0 Å². The van der Waals surface area contributed by atoms with Crippen LogP contribution in [0, 0.1) is 0 Å². The van der Waals surface area contributed by atoms with Gasteiger partial charge in [-0.15, -0.1) is 12.4 Å². The van der Waals surface area contributed by atoms with Crippen molar-refractivity contribution in [2.45, 2.75) is 25.4 Å². The van der Waals surface area contributed by atoms with Crippen molar-refractivity contribution in [3.05, 3.63) is 29.8 Å². The van der Waals surface area contributed by atoms with Crippen LogP contribution in [-0.4, -0.2) is 50.6 Å². The number of methoxy groups -OCH3 is 1. The molecule has 124 valence electrons. The quantitative estimate of drug-likeness (QED) is 0.829. The van der Waals surface area contributed by atoms with Gasteiger partial charge in [-0.3, -0.25) is 9.69 Å². The number of rotatable bonds is 6. The van der Waals surface area contributed by atoms with Crippen LogP contribution in [0.25, 0.3) is 0 Å². The number of carbonyl (C=O) groups excluding carboxylic acids is 1. The summed E-state index contributed by atoms with van der Waals surface area (Å²) in [5.74, 6) is 0.867. The lowest BCUT2D eigenvalue weighted by Gasteiger charge is -2.31. The molecule has 5 nitrogen and oxygen atoms in total. The first-order valence-corrected chi connectivity index (χ1v) is 7.50. The summed E-state index contributed by atoms with van der Waals surface area (Å²) in [5.41, 5.74) is 0.998. The van der Waals surface area contributed by atoms with Gasteiger partial charge in [0.05, 0.1) is 13.7 Å². The fraction of sp³-hybridized carbons (Fsp3) is 0.562. The number of hydrogen-bond donors (Lipinski definition) is 2. The van der Waals surface area contributed by atoms with E-state index in [0.717, 1.165) is 37.2 Å². The zero-order valence-corrected chi connectivity index (χ0v) is 14.1. The first kappa shape index (κ1) is 18.7. The van der Waals surface area contributed by atoms with Crippen molar-refractivity contribution < 1.29 is 9.53 Å². The van der Waals surface area contributed by atoms with Crippen molar-refractivity contribution in [1.29, 1.82) is 0 Å². The molecule has 0 spiro atoms. The van der Waals surface area contributed by atoms with Gasteiger partial charge in [0, 0.05) is 18.2 Å². The molecule has 1 saturated heterocycles. The number of halogens is 1. The Bertz CT molecular complexity index is 464. The SMILES string of the molecule is COc1ccccc1CNC(=O)CN(C)C1CCNCC1.Cl. The average Bonchev–Trinajstić information content (AvgIpc) is 2.54. The van der Waals surface area contributed by atoms with Crippen molar-refractivity contribution in [3.8, 4) is 5.75 Å². The minimum Gasteiger partial charge on any atom is -0.496 e. The van der Waals surface area contributed by atoms with Crippen LogP contribution in [0.4, 0.5) is 0 Å². The third-order valence-electron chi connectivity index (χ3n) is 3.99. The molecule has 6 heteroatoms. The number of carbonyl (C=O) groups is 1. The maximum Gasteiger partial charge on any atom is 0.234 e. The van der Waals surface area contributed by atoms with E-state index in [0.29, 0.717) is 19.1 Å². The highest BCUT2D eigenvalue weighted by molar-refractivity contribution is 5.85. The summed E-state index contributed by atoms with van der Waals surface area (Å²) < 4.78 is 5.29. The maximum absolute atomic E-state index is 12.1. The van der Waals surface area contributed by atoms with Crippen LogP contribution >= 0.6 is 12.4 Å². The van der Waals surface area contributed by atoms with Gasteiger partial charge in [0.2, 0.25) is 5.91 Å². The number of benzene rings is 1. The van der Waals surface area contributed by atoms with Gasteiger partial charge in [0.25, 0.3) is 0 Å². The highest BCUT2D eigenvalue weighted by atomic mass is 35.5. The largest absolute Gasteiger partial charge is 0.496 e. The molecule has 1 aliphatic heterocycles. The van der Waals surface area contributed by atoms with Crippen molar-refractivity contribution >= 4 is 18.3 Å². The monoisotopic (exact) mass is 327 g/mol. The molecule has 0 saturated carbocycles. The van der Waals surface area contributed by atoms with Gasteiger partial charge in [-0.2, -0.15) is 0 Å². The summed E-state index contributed by atoms with van der Waals surface area (Å²) >= 11 is 0. The van der Waals surface area contributed by atoms with Gasteiger partial charge >= 0.3 is 0 Å². The van der Waals surface area contributed by atoms with Crippen molar-refractivity contribution in [3.63, 3.8) is 0 Å². The first-order valence-electron chi connectivity index (χ1n) is 7.50. The van der Waals surface area contributed by atoms with Crippen LogP contribution in [0.5, 0.6) is 5.75 Å². The molecule has 0 bridgehead atoms. The van der Waals surface area contributed by atoms with E-state index in [4.69, 9.17) is 4.74 Å². The lowest BCUT2D eigenvalue weighted by Crippen LogP contribution is -2.45. The number of nitrogens with one attached hydrogen (secondary N) is 2. The van der Waals surface area contributed by atoms with E-state index >= 15 is 0 Å². The Kier molecular flexibility index (Phi) is 8.24. The van der Waals surface area contributed by atoms with E-state index in [-0.39, 0.29) is 18.3 Å². The Morgan fingerprint density at radius 1 is 1.36 bits per heavy atom. The molecule has 1 amide bonds. The molecule has 2 N–H and O–H groups in total. The highest BCUT2D eigenvalue weighted by Gasteiger charge is 2.19. The molecule has 0 aromatic heterocycles. The molecule has 0 atom stereocenters. The van der Waals surface area contributed by atoms with Crippen LogP contribution in [0.3, 0.4) is 0 Å². The minimum atomic E-state index is 0. The molecule has 0 unspecified atom stereocenters. The van der Waals surface area contributed by atoms with E-state index in [9.17, 15) is 4.79 Å². The number of amides is 1. The number of piperidine rings is 1. The molecule has 1 aromatic rings. The van der Waals surface area contributed by atoms with Crippen LogP contribution in [0.1, 0.15) is 18.4 Å².